The van der Waals surface area contributed by atoms with Gasteiger partial charge in [0.2, 0.25) is 0 Å². The molecular weight excluding hydrogens is 324 g/mol. The Hall–Kier alpha value is -0.870. The third-order valence-corrected chi connectivity index (χ3v) is 7.60. The van der Waals surface area contributed by atoms with Gasteiger partial charge in [-0.1, -0.05) is 24.5 Å². The molecular formula is C22H36N2O2. The first-order chi connectivity index (χ1) is 12.6. The van der Waals surface area contributed by atoms with E-state index in [4.69, 9.17) is 4.74 Å². The summed E-state index contributed by atoms with van der Waals surface area (Å²) in [5, 5.41) is 3.57. The van der Waals surface area contributed by atoms with Crippen LogP contribution >= 0.6 is 0 Å². The topological polar surface area (TPSA) is 41.6 Å². The molecule has 0 radical (unpaired) electrons. The maximum absolute atomic E-state index is 12.5. The molecule has 0 amide bonds. The molecule has 1 saturated carbocycles. The van der Waals surface area contributed by atoms with Gasteiger partial charge in [-0.2, -0.15) is 0 Å². The molecule has 2 aliphatic carbocycles. The van der Waals surface area contributed by atoms with Crippen molar-refractivity contribution in [2.75, 3.05) is 32.7 Å². The Kier molecular flexibility index (Phi) is 5.43. The lowest BCUT2D eigenvalue weighted by molar-refractivity contribution is -0.145. The molecule has 2 aliphatic heterocycles. The first-order valence-corrected chi connectivity index (χ1v) is 10.9. The predicted octanol–water partition coefficient (Wildman–Crippen LogP) is 3.52. The SMILES string of the molecule is CC1=C2CC3C(CC2(C)CCC1)OC(=O)C3CNCCN1CCCCC1. The highest BCUT2D eigenvalue weighted by molar-refractivity contribution is 5.76. The van der Waals surface area contributed by atoms with Crippen molar-refractivity contribution in [3.8, 4) is 0 Å². The number of nitrogens with zero attached hydrogens (tertiary/aromatic N) is 1. The quantitative estimate of drug-likeness (QED) is 0.463. The number of nitrogens with one attached hydrogen (secondary N) is 1. The number of ether oxygens (including phenoxy) is 1. The van der Waals surface area contributed by atoms with Crippen LogP contribution in [0.25, 0.3) is 0 Å². The van der Waals surface area contributed by atoms with E-state index in [0.717, 1.165) is 32.5 Å². The van der Waals surface area contributed by atoms with Gasteiger partial charge in [-0.3, -0.25) is 4.79 Å². The summed E-state index contributed by atoms with van der Waals surface area (Å²) in [4.78, 5) is 15.1. The number of carbonyl (C=O) groups is 1. The number of carbonyl (C=O) groups excluding carboxylic acids is 1. The first-order valence-electron chi connectivity index (χ1n) is 10.9. The number of hydrogen-bond acceptors (Lipinski definition) is 4. The molecule has 1 N–H and O–H groups in total. The van der Waals surface area contributed by atoms with Crippen molar-refractivity contribution in [3.63, 3.8) is 0 Å². The summed E-state index contributed by atoms with van der Waals surface area (Å²) in [6, 6.07) is 0. The van der Waals surface area contributed by atoms with Gasteiger partial charge in [-0.25, -0.2) is 0 Å². The number of fused-ring (bicyclic) bond motifs is 2. The molecule has 4 rings (SSSR count). The molecule has 4 aliphatic rings. The van der Waals surface area contributed by atoms with Crippen LogP contribution in [0.2, 0.25) is 0 Å². The maximum Gasteiger partial charge on any atom is 0.310 e. The largest absolute Gasteiger partial charge is 0.462 e. The van der Waals surface area contributed by atoms with Crippen LogP contribution in [0.3, 0.4) is 0 Å². The summed E-state index contributed by atoms with van der Waals surface area (Å²) in [7, 11) is 0. The summed E-state index contributed by atoms with van der Waals surface area (Å²) in [5.41, 5.74) is 3.52. The molecule has 0 aromatic carbocycles. The van der Waals surface area contributed by atoms with Crippen molar-refractivity contribution in [1.29, 1.82) is 0 Å². The molecule has 4 heteroatoms. The fourth-order valence-electron chi connectivity index (χ4n) is 6.02. The number of hydrogen-bond donors (Lipinski definition) is 1. The van der Waals surface area contributed by atoms with Crippen LogP contribution in [0.5, 0.6) is 0 Å². The van der Waals surface area contributed by atoms with Gasteiger partial charge in [0.1, 0.15) is 6.10 Å². The monoisotopic (exact) mass is 360 g/mol. The summed E-state index contributed by atoms with van der Waals surface area (Å²) in [6.45, 7) is 10.1. The van der Waals surface area contributed by atoms with E-state index in [1.54, 1.807) is 11.1 Å². The second-order valence-electron chi connectivity index (χ2n) is 9.43. The second kappa shape index (κ2) is 7.63. The van der Waals surface area contributed by atoms with Gasteiger partial charge in [0.25, 0.3) is 0 Å². The summed E-state index contributed by atoms with van der Waals surface area (Å²) in [6.07, 6.45) is 10.1. The van der Waals surface area contributed by atoms with Crippen molar-refractivity contribution in [2.24, 2.45) is 17.3 Å². The van der Waals surface area contributed by atoms with Crippen LogP contribution in [0, 0.1) is 17.3 Å². The second-order valence-corrected chi connectivity index (χ2v) is 9.43. The number of allylic oxidation sites excluding steroid dienone is 2. The smallest absolute Gasteiger partial charge is 0.310 e. The average Bonchev–Trinajstić information content (AvgIpc) is 2.92. The Morgan fingerprint density at radius 1 is 1.23 bits per heavy atom. The molecule has 0 bridgehead atoms. The van der Waals surface area contributed by atoms with Gasteiger partial charge in [0.15, 0.2) is 0 Å². The third-order valence-electron chi connectivity index (χ3n) is 7.60. The zero-order valence-corrected chi connectivity index (χ0v) is 16.7. The van der Waals surface area contributed by atoms with Gasteiger partial charge in [-0.05, 0) is 70.4 Å². The van der Waals surface area contributed by atoms with Crippen LogP contribution in [0.1, 0.15) is 65.2 Å². The number of likely N-dealkylation sites (tertiary alicyclic amines) is 1. The Labute approximate surface area is 158 Å². The minimum Gasteiger partial charge on any atom is -0.462 e. The minimum absolute atomic E-state index is 0.0472. The standard InChI is InChI=1S/C22H36N2O2/c1-16-7-6-8-22(2)14-20-17(13-19(16)22)18(21(25)26-20)15-23-9-12-24-10-4-3-5-11-24/h17-18,20,23H,3-15H2,1-2H3. The van der Waals surface area contributed by atoms with E-state index in [9.17, 15) is 4.79 Å². The van der Waals surface area contributed by atoms with Gasteiger partial charge >= 0.3 is 5.97 Å². The summed E-state index contributed by atoms with van der Waals surface area (Å²) >= 11 is 0. The highest BCUT2D eigenvalue weighted by Gasteiger charge is 2.52. The van der Waals surface area contributed by atoms with Crippen molar-refractivity contribution >= 4 is 5.97 Å². The molecule has 146 valence electrons. The Morgan fingerprint density at radius 2 is 2.04 bits per heavy atom. The number of piperidine rings is 1. The average molecular weight is 361 g/mol. The molecule has 0 aromatic heterocycles. The molecule has 3 fully saturated rings. The minimum atomic E-state index is 0.0472. The van der Waals surface area contributed by atoms with E-state index in [0.29, 0.717) is 5.92 Å². The van der Waals surface area contributed by atoms with E-state index < -0.39 is 0 Å². The highest BCUT2D eigenvalue weighted by atomic mass is 16.6. The number of rotatable bonds is 5. The predicted molar refractivity (Wildman–Crippen MR) is 104 cm³/mol. The zero-order valence-electron chi connectivity index (χ0n) is 16.7. The van der Waals surface area contributed by atoms with Crippen LogP contribution in [-0.4, -0.2) is 49.7 Å². The van der Waals surface area contributed by atoms with Crippen LogP contribution in [0.4, 0.5) is 0 Å². The number of esters is 1. The molecule has 0 aromatic rings. The molecule has 2 heterocycles. The van der Waals surface area contributed by atoms with E-state index in [2.05, 4.69) is 24.1 Å². The Morgan fingerprint density at radius 3 is 2.85 bits per heavy atom. The van der Waals surface area contributed by atoms with E-state index in [1.807, 2.05) is 0 Å². The molecule has 4 nitrogen and oxygen atoms in total. The summed E-state index contributed by atoms with van der Waals surface area (Å²) < 4.78 is 5.86. The molecule has 26 heavy (non-hydrogen) atoms. The maximum atomic E-state index is 12.5. The third kappa shape index (κ3) is 3.60. The van der Waals surface area contributed by atoms with Gasteiger partial charge in [0, 0.05) is 25.6 Å². The van der Waals surface area contributed by atoms with Crippen LogP contribution in [-0.2, 0) is 9.53 Å². The molecule has 2 saturated heterocycles. The van der Waals surface area contributed by atoms with Crippen molar-refractivity contribution in [1.82, 2.24) is 10.2 Å². The van der Waals surface area contributed by atoms with E-state index in [1.165, 1.54) is 51.6 Å². The lowest BCUT2D eigenvalue weighted by Crippen LogP contribution is -2.42. The van der Waals surface area contributed by atoms with Gasteiger partial charge in [-0.15, -0.1) is 0 Å². The fourth-order valence-corrected chi connectivity index (χ4v) is 6.02. The van der Waals surface area contributed by atoms with Crippen molar-refractivity contribution < 1.29 is 9.53 Å². The van der Waals surface area contributed by atoms with Crippen molar-refractivity contribution in [2.45, 2.75) is 71.3 Å². The fraction of sp³-hybridized carbons (Fsp3) is 0.864. The van der Waals surface area contributed by atoms with E-state index in [-0.39, 0.29) is 23.4 Å². The Balaban J connectivity index is 1.33. The Bertz CT molecular complexity index is 566. The van der Waals surface area contributed by atoms with Crippen LogP contribution < -0.4 is 5.32 Å². The highest BCUT2D eigenvalue weighted by Crippen LogP contribution is 2.54. The molecule has 4 unspecified atom stereocenters. The van der Waals surface area contributed by atoms with Crippen LogP contribution in [0.15, 0.2) is 11.1 Å². The normalized spacial score (nSPS) is 38.1. The van der Waals surface area contributed by atoms with E-state index >= 15 is 0 Å². The lowest BCUT2D eigenvalue weighted by atomic mass is 9.59. The summed E-state index contributed by atoms with van der Waals surface area (Å²) in [5.74, 6) is 0.486. The van der Waals surface area contributed by atoms with Gasteiger partial charge < -0.3 is 15.0 Å². The first kappa shape index (κ1) is 18.5. The molecule has 0 spiro atoms. The van der Waals surface area contributed by atoms with Crippen molar-refractivity contribution in [3.05, 3.63) is 11.1 Å². The zero-order chi connectivity index (χ0) is 18.1. The molecule has 4 atom stereocenters. The lowest BCUT2D eigenvalue weighted by Gasteiger charge is -2.45. The van der Waals surface area contributed by atoms with Gasteiger partial charge in [0.05, 0.1) is 5.92 Å².